The maximum absolute atomic E-state index is 13.3. The Morgan fingerprint density at radius 1 is 0.455 bits per heavy atom. The van der Waals surface area contributed by atoms with Crippen LogP contribution in [0.4, 0.5) is 0 Å². The molecule has 0 aromatic carbocycles. The van der Waals surface area contributed by atoms with Gasteiger partial charge in [-0.15, -0.1) is 0 Å². The normalized spacial score (nSPS) is 13.4. The Balaban J connectivity index is 4.00. The number of carbonyl (C=O) groups excluding carboxylic acids is 2. The first-order valence-corrected chi connectivity index (χ1v) is 19.4. The van der Waals surface area contributed by atoms with Gasteiger partial charge in [0, 0.05) is 19.4 Å². The van der Waals surface area contributed by atoms with Gasteiger partial charge in [-0.3, -0.25) is 9.59 Å². The second kappa shape index (κ2) is 31.7. The average Bonchev–Trinajstić information content (AvgIpc) is 3.00. The molecular weight excluding hydrogens is 538 g/mol. The van der Waals surface area contributed by atoms with Crippen molar-refractivity contribution in [2.24, 2.45) is 5.41 Å². The van der Waals surface area contributed by atoms with E-state index in [1.54, 1.807) is 0 Å². The summed E-state index contributed by atoms with van der Waals surface area (Å²) in [6.45, 7) is 6.98. The van der Waals surface area contributed by atoms with E-state index in [0.29, 0.717) is 19.4 Å². The van der Waals surface area contributed by atoms with Crippen molar-refractivity contribution in [3.05, 3.63) is 24.3 Å². The Labute approximate surface area is 276 Å². The van der Waals surface area contributed by atoms with Crippen LogP contribution in [0.1, 0.15) is 201 Å². The molecule has 0 bridgehead atoms. The Bertz CT molecular complexity index is 655. The third kappa shape index (κ3) is 26.0. The fourth-order valence-electron chi connectivity index (χ4n) is 6.23. The topological polar surface area (TPSA) is 37.4 Å². The van der Waals surface area contributed by atoms with E-state index in [2.05, 4.69) is 38.2 Å². The van der Waals surface area contributed by atoms with Crippen LogP contribution in [-0.4, -0.2) is 37.1 Å². The summed E-state index contributed by atoms with van der Waals surface area (Å²) in [4.78, 5) is 28.6. The molecule has 0 atom stereocenters. The number of nitrogens with zero attached hydrogens (tertiary/aromatic N) is 1. The molecule has 0 saturated carbocycles. The highest BCUT2D eigenvalue weighted by atomic mass is 16.2. The summed E-state index contributed by atoms with van der Waals surface area (Å²) in [5.41, 5.74) is -0.856. The van der Waals surface area contributed by atoms with E-state index in [4.69, 9.17) is 0 Å². The molecule has 0 rings (SSSR count). The van der Waals surface area contributed by atoms with E-state index in [1.165, 1.54) is 141 Å². The van der Waals surface area contributed by atoms with Crippen LogP contribution in [0.25, 0.3) is 0 Å². The van der Waals surface area contributed by atoms with Gasteiger partial charge in [-0.2, -0.15) is 0 Å². The summed E-state index contributed by atoms with van der Waals surface area (Å²) in [6, 6.07) is 0. The van der Waals surface area contributed by atoms with Gasteiger partial charge in [-0.05, 0) is 85.2 Å². The van der Waals surface area contributed by atoms with Crippen LogP contribution in [0.3, 0.4) is 0 Å². The van der Waals surface area contributed by atoms with Gasteiger partial charge in [0.25, 0.3) is 0 Å². The van der Waals surface area contributed by atoms with Crippen molar-refractivity contribution in [2.75, 3.05) is 20.6 Å². The van der Waals surface area contributed by atoms with Gasteiger partial charge in [-0.1, -0.05) is 141 Å². The zero-order chi connectivity index (χ0) is 32.6. The van der Waals surface area contributed by atoms with Crippen LogP contribution in [0, 0.1) is 5.41 Å². The quantitative estimate of drug-likeness (QED) is 0.0410. The molecule has 0 aromatic heterocycles. The van der Waals surface area contributed by atoms with Crippen molar-refractivity contribution in [3.8, 4) is 0 Å². The van der Waals surface area contributed by atoms with E-state index in [-0.39, 0.29) is 11.6 Å². The number of allylic oxidation sites excluding steroid dienone is 4. The summed E-state index contributed by atoms with van der Waals surface area (Å²) in [5.74, 6) is 0.308. The number of unbranched alkanes of at least 4 members (excludes halogenated alkanes) is 22. The summed E-state index contributed by atoms with van der Waals surface area (Å²) in [5, 5.41) is 0. The fraction of sp³-hybridized carbons (Fsp3) is 0.854. The smallest absolute Gasteiger partial charge is 0.147 e. The highest BCUT2D eigenvalue weighted by molar-refractivity contribution is 6.06. The Morgan fingerprint density at radius 3 is 1.02 bits per heavy atom. The van der Waals surface area contributed by atoms with E-state index < -0.39 is 5.41 Å². The molecule has 0 saturated heterocycles. The maximum Gasteiger partial charge on any atom is 0.147 e. The molecular formula is C41H77NO2. The largest absolute Gasteiger partial charge is 0.308 e. The highest BCUT2D eigenvalue weighted by Crippen LogP contribution is 2.27. The second-order valence-electron chi connectivity index (χ2n) is 14.1. The van der Waals surface area contributed by atoms with Crippen LogP contribution in [0.2, 0.25) is 0 Å². The second-order valence-corrected chi connectivity index (χ2v) is 14.1. The molecule has 0 spiro atoms. The zero-order valence-electron chi connectivity index (χ0n) is 30.6. The number of hydrogen-bond acceptors (Lipinski definition) is 3. The Morgan fingerprint density at radius 2 is 0.727 bits per heavy atom. The molecule has 3 nitrogen and oxygen atoms in total. The maximum atomic E-state index is 13.3. The number of carbonyl (C=O) groups is 2. The number of ketones is 2. The van der Waals surface area contributed by atoms with Crippen molar-refractivity contribution in [3.63, 3.8) is 0 Å². The molecule has 0 heterocycles. The predicted molar refractivity (Wildman–Crippen MR) is 196 cm³/mol. The molecule has 0 fully saturated rings. The van der Waals surface area contributed by atoms with Crippen molar-refractivity contribution in [1.82, 2.24) is 4.90 Å². The summed E-state index contributed by atoms with van der Waals surface area (Å²) >= 11 is 0. The molecule has 0 aliphatic heterocycles. The third-order valence-electron chi connectivity index (χ3n) is 9.19. The minimum Gasteiger partial charge on any atom is -0.308 e. The lowest BCUT2D eigenvalue weighted by Crippen LogP contribution is -2.44. The lowest BCUT2D eigenvalue weighted by molar-refractivity contribution is -0.141. The first-order valence-electron chi connectivity index (χ1n) is 19.4. The predicted octanol–water partition coefficient (Wildman–Crippen LogP) is 12.8. The van der Waals surface area contributed by atoms with Crippen molar-refractivity contribution >= 4 is 11.6 Å². The minimum absolute atomic E-state index is 0.154. The lowest BCUT2D eigenvalue weighted by atomic mass is 9.77. The van der Waals surface area contributed by atoms with Gasteiger partial charge < -0.3 is 4.90 Å². The molecule has 0 N–H and O–H groups in total. The zero-order valence-corrected chi connectivity index (χ0v) is 30.6. The minimum atomic E-state index is -0.856. The number of rotatable bonds is 34. The van der Waals surface area contributed by atoms with Crippen LogP contribution in [0.15, 0.2) is 24.3 Å². The third-order valence-corrected chi connectivity index (χ3v) is 9.19. The van der Waals surface area contributed by atoms with Crippen molar-refractivity contribution in [2.45, 2.75) is 201 Å². The molecule has 3 heteroatoms. The van der Waals surface area contributed by atoms with E-state index in [9.17, 15) is 9.59 Å². The van der Waals surface area contributed by atoms with Gasteiger partial charge in [0.1, 0.15) is 11.6 Å². The SMILES string of the molecule is CCCCCCCCC=CCCCCCCCC(=O)C(C)(CN(C)C)C(=O)CCCCCCCC=CCCCCCCCC. The molecule has 258 valence electrons. The molecule has 0 aromatic rings. The van der Waals surface area contributed by atoms with Gasteiger partial charge in [0.2, 0.25) is 0 Å². The van der Waals surface area contributed by atoms with Crippen LogP contribution in [0.5, 0.6) is 0 Å². The Kier molecular flexibility index (Phi) is 30.9. The standard InChI is InChI=1S/C41H77NO2/c1-6-8-10-12-14-16-18-20-22-24-26-28-30-32-34-36-39(43)41(3,38-42(4)5)40(44)37-35-33-31-29-27-25-23-21-19-17-15-13-11-9-7-2/h20-23H,6-19,24-38H2,1-5H3. The van der Waals surface area contributed by atoms with Crippen molar-refractivity contribution < 1.29 is 9.59 Å². The Hall–Kier alpha value is -1.22. The van der Waals surface area contributed by atoms with Gasteiger partial charge in [0.05, 0.1) is 5.41 Å². The summed E-state index contributed by atoms with van der Waals surface area (Å²) in [7, 11) is 3.95. The number of hydrogen-bond donors (Lipinski definition) is 0. The van der Waals surface area contributed by atoms with Gasteiger partial charge in [0.15, 0.2) is 0 Å². The first-order chi connectivity index (χ1) is 21.4. The van der Waals surface area contributed by atoms with Crippen LogP contribution in [-0.2, 0) is 9.59 Å². The summed E-state index contributed by atoms with van der Waals surface area (Å²) < 4.78 is 0. The molecule has 0 aliphatic rings. The molecule has 0 amide bonds. The molecule has 0 radical (unpaired) electrons. The average molecular weight is 616 g/mol. The van der Waals surface area contributed by atoms with E-state index >= 15 is 0 Å². The van der Waals surface area contributed by atoms with E-state index in [0.717, 1.165) is 25.7 Å². The molecule has 0 aliphatic carbocycles. The molecule has 44 heavy (non-hydrogen) atoms. The highest BCUT2D eigenvalue weighted by Gasteiger charge is 2.39. The van der Waals surface area contributed by atoms with Gasteiger partial charge in [-0.25, -0.2) is 0 Å². The molecule has 0 unspecified atom stereocenters. The summed E-state index contributed by atoms with van der Waals surface area (Å²) in [6.07, 6.45) is 43.1. The van der Waals surface area contributed by atoms with Gasteiger partial charge >= 0.3 is 0 Å². The van der Waals surface area contributed by atoms with Crippen LogP contribution >= 0.6 is 0 Å². The first kappa shape index (κ1) is 42.8. The fourth-order valence-corrected chi connectivity index (χ4v) is 6.23. The van der Waals surface area contributed by atoms with E-state index in [1.807, 2.05) is 25.9 Å². The van der Waals surface area contributed by atoms with Crippen LogP contribution < -0.4 is 0 Å². The van der Waals surface area contributed by atoms with Crippen molar-refractivity contribution in [1.29, 1.82) is 0 Å². The monoisotopic (exact) mass is 616 g/mol. The number of Topliss-reactive ketones (excluding diaryl/α,β-unsaturated/α-hetero) is 2. The lowest BCUT2D eigenvalue weighted by Gasteiger charge is -2.30.